The number of ketones is 1. The highest BCUT2D eigenvalue weighted by Gasteiger charge is 2.31. The lowest BCUT2D eigenvalue weighted by Gasteiger charge is -2.44. The maximum absolute atomic E-state index is 11.5. The van der Waals surface area contributed by atoms with Crippen LogP contribution in [0.5, 0.6) is 0 Å². The Morgan fingerprint density at radius 2 is 2.26 bits per heavy atom. The summed E-state index contributed by atoms with van der Waals surface area (Å²) in [6.07, 6.45) is 0. The van der Waals surface area contributed by atoms with Crippen LogP contribution in [0.1, 0.15) is 31.1 Å². The fourth-order valence-corrected chi connectivity index (χ4v) is 2.67. The number of hydrogen-bond donors (Lipinski definition) is 2. The summed E-state index contributed by atoms with van der Waals surface area (Å²) in [5.41, 5.74) is 1.72. The largest absolute Gasteiger partial charge is 0.395 e. The van der Waals surface area contributed by atoms with Crippen molar-refractivity contribution in [2.45, 2.75) is 32.4 Å². The second kappa shape index (κ2) is 5.31. The number of Topliss-reactive ketones (excluding diaryl/α,β-unsaturated/α-hetero) is 1. The first-order valence-corrected chi connectivity index (χ1v) is 6.66. The average molecular weight is 262 g/mol. The van der Waals surface area contributed by atoms with Crippen molar-refractivity contribution in [3.63, 3.8) is 0 Å². The second-order valence-corrected chi connectivity index (χ2v) is 5.89. The number of aliphatic hydroxyl groups is 1. The molecular formula is C15H22N2O2. The predicted molar refractivity (Wildman–Crippen MR) is 76.7 cm³/mol. The number of hydrogen-bond acceptors (Lipinski definition) is 4. The Balaban J connectivity index is 2.25. The quantitative estimate of drug-likeness (QED) is 0.809. The molecule has 1 aliphatic heterocycles. The van der Waals surface area contributed by atoms with Crippen molar-refractivity contribution >= 4 is 11.5 Å². The number of nitrogens with one attached hydrogen (secondary N) is 1. The molecule has 1 fully saturated rings. The van der Waals surface area contributed by atoms with E-state index >= 15 is 0 Å². The van der Waals surface area contributed by atoms with Crippen LogP contribution in [-0.4, -0.2) is 42.2 Å². The molecule has 1 heterocycles. The molecule has 1 aromatic carbocycles. The van der Waals surface area contributed by atoms with Gasteiger partial charge in [-0.2, -0.15) is 0 Å². The fourth-order valence-electron chi connectivity index (χ4n) is 2.67. The van der Waals surface area contributed by atoms with E-state index in [9.17, 15) is 9.90 Å². The molecule has 19 heavy (non-hydrogen) atoms. The molecule has 0 saturated carbocycles. The third-order valence-corrected chi connectivity index (χ3v) is 3.46. The van der Waals surface area contributed by atoms with Crippen LogP contribution in [0.25, 0.3) is 0 Å². The molecular weight excluding hydrogens is 240 g/mol. The van der Waals surface area contributed by atoms with Gasteiger partial charge in [0.15, 0.2) is 5.78 Å². The predicted octanol–water partition coefficient (Wildman–Crippen LogP) is 1.44. The van der Waals surface area contributed by atoms with Gasteiger partial charge in [0.2, 0.25) is 0 Å². The summed E-state index contributed by atoms with van der Waals surface area (Å²) in [6, 6.07) is 7.75. The van der Waals surface area contributed by atoms with E-state index in [2.05, 4.69) is 24.1 Å². The van der Waals surface area contributed by atoms with Gasteiger partial charge in [-0.25, -0.2) is 0 Å². The number of aliphatic hydroxyl groups excluding tert-OH is 1. The minimum Gasteiger partial charge on any atom is -0.395 e. The molecule has 1 unspecified atom stereocenters. The SMILES string of the molecule is CC(=O)c1cccc(N2CC(CO)NC(C)(C)C2)c1. The third kappa shape index (κ3) is 3.33. The number of rotatable bonds is 3. The van der Waals surface area contributed by atoms with Crippen molar-refractivity contribution < 1.29 is 9.90 Å². The lowest BCUT2D eigenvalue weighted by atomic mass is 9.97. The van der Waals surface area contributed by atoms with E-state index in [0.29, 0.717) is 0 Å². The van der Waals surface area contributed by atoms with E-state index in [1.807, 2.05) is 24.3 Å². The highest BCUT2D eigenvalue weighted by atomic mass is 16.3. The van der Waals surface area contributed by atoms with Gasteiger partial charge in [0, 0.05) is 35.9 Å². The van der Waals surface area contributed by atoms with E-state index in [0.717, 1.165) is 24.3 Å². The molecule has 0 bridgehead atoms. The summed E-state index contributed by atoms with van der Waals surface area (Å²) in [6.45, 7) is 7.54. The Labute approximate surface area is 114 Å². The molecule has 0 spiro atoms. The lowest BCUT2D eigenvalue weighted by molar-refractivity contribution is 0.101. The zero-order valence-corrected chi connectivity index (χ0v) is 11.8. The van der Waals surface area contributed by atoms with Crippen molar-refractivity contribution in [3.05, 3.63) is 29.8 Å². The summed E-state index contributed by atoms with van der Waals surface area (Å²) in [7, 11) is 0. The molecule has 0 amide bonds. The highest BCUT2D eigenvalue weighted by Crippen LogP contribution is 2.23. The number of carbonyl (C=O) groups excluding carboxylic acids is 1. The highest BCUT2D eigenvalue weighted by molar-refractivity contribution is 5.95. The minimum atomic E-state index is -0.0577. The molecule has 1 aromatic rings. The van der Waals surface area contributed by atoms with Crippen molar-refractivity contribution in [3.8, 4) is 0 Å². The molecule has 104 valence electrons. The maximum atomic E-state index is 11.5. The number of benzene rings is 1. The monoisotopic (exact) mass is 262 g/mol. The first-order valence-electron chi connectivity index (χ1n) is 6.66. The summed E-state index contributed by atoms with van der Waals surface area (Å²) in [4.78, 5) is 13.7. The van der Waals surface area contributed by atoms with Gasteiger partial charge in [-0.1, -0.05) is 12.1 Å². The molecule has 1 aliphatic rings. The van der Waals surface area contributed by atoms with Crippen molar-refractivity contribution in [1.29, 1.82) is 0 Å². The van der Waals surface area contributed by atoms with Crippen molar-refractivity contribution in [2.75, 3.05) is 24.6 Å². The molecule has 4 nitrogen and oxygen atoms in total. The third-order valence-electron chi connectivity index (χ3n) is 3.46. The number of nitrogens with zero attached hydrogens (tertiary/aromatic N) is 1. The molecule has 2 rings (SSSR count). The molecule has 1 saturated heterocycles. The molecule has 0 aliphatic carbocycles. The molecule has 4 heteroatoms. The van der Waals surface area contributed by atoms with Crippen LogP contribution in [0.15, 0.2) is 24.3 Å². The van der Waals surface area contributed by atoms with E-state index in [1.54, 1.807) is 6.92 Å². The van der Waals surface area contributed by atoms with Crippen molar-refractivity contribution in [2.24, 2.45) is 0 Å². The topological polar surface area (TPSA) is 52.6 Å². The molecule has 2 N–H and O–H groups in total. The van der Waals surface area contributed by atoms with Gasteiger partial charge in [0.05, 0.1) is 6.61 Å². The maximum Gasteiger partial charge on any atom is 0.159 e. The Morgan fingerprint density at radius 1 is 1.53 bits per heavy atom. The summed E-state index contributed by atoms with van der Waals surface area (Å²) >= 11 is 0. The van der Waals surface area contributed by atoms with Gasteiger partial charge < -0.3 is 15.3 Å². The van der Waals surface area contributed by atoms with E-state index in [1.165, 1.54) is 0 Å². The van der Waals surface area contributed by atoms with Gasteiger partial charge in [0.1, 0.15) is 0 Å². The lowest BCUT2D eigenvalue weighted by Crippen LogP contribution is -2.63. The molecule has 1 atom stereocenters. The van der Waals surface area contributed by atoms with Gasteiger partial charge in [0.25, 0.3) is 0 Å². The second-order valence-electron chi connectivity index (χ2n) is 5.89. The van der Waals surface area contributed by atoms with E-state index < -0.39 is 0 Å². The smallest absolute Gasteiger partial charge is 0.159 e. The number of carbonyl (C=O) groups is 1. The zero-order chi connectivity index (χ0) is 14.0. The summed E-state index contributed by atoms with van der Waals surface area (Å²) in [5.74, 6) is 0.0787. The van der Waals surface area contributed by atoms with E-state index in [-0.39, 0.29) is 24.0 Å². The van der Waals surface area contributed by atoms with Gasteiger partial charge in [-0.05, 0) is 32.9 Å². The van der Waals surface area contributed by atoms with Crippen LogP contribution in [0.4, 0.5) is 5.69 Å². The number of anilines is 1. The Morgan fingerprint density at radius 3 is 2.89 bits per heavy atom. The average Bonchev–Trinajstić information content (AvgIpc) is 2.37. The van der Waals surface area contributed by atoms with Crippen LogP contribution in [0.3, 0.4) is 0 Å². The first kappa shape index (κ1) is 14.0. The Hall–Kier alpha value is -1.39. The van der Waals surface area contributed by atoms with Crippen LogP contribution in [0.2, 0.25) is 0 Å². The van der Waals surface area contributed by atoms with Crippen LogP contribution >= 0.6 is 0 Å². The number of piperazine rings is 1. The normalized spacial score (nSPS) is 22.3. The first-order chi connectivity index (χ1) is 8.91. The van der Waals surface area contributed by atoms with Crippen LogP contribution in [0, 0.1) is 0 Å². The zero-order valence-electron chi connectivity index (χ0n) is 11.8. The standard InChI is InChI=1S/C15H22N2O2/c1-11(19)12-5-4-6-14(7-12)17-8-13(9-18)16-15(2,3)10-17/h4-7,13,16,18H,8-10H2,1-3H3. The van der Waals surface area contributed by atoms with E-state index in [4.69, 9.17) is 0 Å². The molecule has 0 aromatic heterocycles. The summed E-state index contributed by atoms with van der Waals surface area (Å²) < 4.78 is 0. The van der Waals surface area contributed by atoms with Gasteiger partial charge in [-0.3, -0.25) is 4.79 Å². The van der Waals surface area contributed by atoms with Gasteiger partial charge >= 0.3 is 0 Å². The van der Waals surface area contributed by atoms with Gasteiger partial charge in [-0.15, -0.1) is 0 Å². The molecule has 0 radical (unpaired) electrons. The Bertz CT molecular complexity index is 471. The minimum absolute atomic E-state index is 0.0577. The summed E-state index contributed by atoms with van der Waals surface area (Å²) in [5, 5.41) is 12.8. The van der Waals surface area contributed by atoms with Crippen LogP contribution in [-0.2, 0) is 0 Å². The Kier molecular flexibility index (Phi) is 3.92. The van der Waals surface area contributed by atoms with Crippen molar-refractivity contribution in [1.82, 2.24) is 5.32 Å². The van der Waals surface area contributed by atoms with Crippen LogP contribution < -0.4 is 10.2 Å². The fraction of sp³-hybridized carbons (Fsp3) is 0.533.